The van der Waals surface area contributed by atoms with E-state index in [0.717, 1.165) is 37.8 Å². The molecule has 1 aliphatic carbocycles. The van der Waals surface area contributed by atoms with Crippen LogP contribution in [0.15, 0.2) is 5.16 Å². The van der Waals surface area contributed by atoms with Crippen LogP contribution in [0.5, 0.6) is 0 Å². The molecule has 1 aromatic heterocycles. The highest BCUT2D eigenvalue weighted by molar-refractivity contribution is 7.99. The molecule has 0 aromatic carbocycles. The Balaban J connectivity index is 1.56. The van der Waals surface area contributed by atoms with Crippen molar-refractivity contribution in [1.82, 2.24) is 25.0 Å². The number of nitrogens with zero attached hydrogens (tertiary/aromatic N) is 4. The van der Waals surface area contributed by atoms with Crippen LogP contribution in [-0.4, -0.2) is 68.9 Å². The van der Waals surface area contributed by atoms with Crippen LogP contribution in [0.1, 0.15) is 38.9 Å². The molecule has 7 heteroatoms. The van der Waals surface area contributed by atoms with Crippen LogP contribution < -0.4 is 0 Å². The van der Waals surface area contributed by atoms with Crippen LogP contribution in [0.25, 0.3) is 0 Å². The van der Waals surface area contributed by atoms with Gasteiger partial charge in [0.05, 0.1) is 5.75 Å². The number of rotatable bonds is 6. The Labute approximate surface area is 148 Å². The van der Waals surface area contributed by atoms with Gasteiger partial charge in [0.2, 0.25) is 11.1 Å². The molecule has 1 saturated carbocycles. The first-order valence-corrected chi connectivity index (χ1v) is 10.0. The molecule has 1 saturated heterocycles. The Bertz CT molecular complexity index is 557. The summed E-state index contributed by atoms with van der Waals surface area (Å²) in [6.45, 7) is 10.5. The Kier molecular flexibility index (Phi) is 5.81. The largest absolute Gasteiger partial charge is 0.340 e. The highest BCUT2D eigenvalue weighted by Gasteiger charge is 2.33. The summed E-state index contributed by atoms with van der Waals surface area (Å²) in [5.74, 6) is 2.89. The van der Waals surface area contributed by atoms with Crippen molar-refractivity contribution < 1.29 is 4.79 Å². The third-order valence-electron chi connectivity index (χ3n) is 4.96. The van der Waals surface area contributed by atoms with Gasteiger partial charge in [0, 0.05) is 32.2 Å². The van der Waals surface area contributed by atoms with Gasteiger partial charge >= 0.3 is 0 Å². The number of thioether (sulfide) groups is 1. The van der Waals surface area contributed by atoms with Crippen LogP contribution in [0.2, 0.25) is 0 Å². The molecule has 2 heterocycles. The molecule has 0 bridgehead atoms. The maximum Gasteiger partial charge on any atom is 0.233 e. The second-order valence-corrected chi connectivity index (χ2v) is 8.38. The Hall–Kier alpha value is -1.08. The summed E-state index contributed by atoms with van der Waals surface area (Å²) in [6.07, 6.45) is 3.85. The third kappa shape index (κ3) is 4.72. The zero-order valence-corrected chi connectivity index (χ0v) is 15.8. The fraction of sp³-hybridized carbons (Fsp3) is 0.824. The van der Waals surface area contributed by atoms with Crippen molar-refractivity contribution in [2.75, 3.05) is 31.9 Å². The van der Waals surface area contributed by atoms with Crippen LogP contribution >= 0.6 is 11.8 Å². The number of carbonyl (C=O) groups excluding carboxylic acids is 1. The average Bonchev–Trinajstić information content (AvgIpc) is 3.30. The standard InChI is InChI=1S/C17H29N5OS/c1-12(2)15-10-22(8-4-7-21(15)9-14-5-6-14)16(23)11-24-17-18-13(3)19-20-17/h12,14-15H,4-11H2,1-3H3,(H,18,19,20)/t15-/m1/s1. The molecular weight excluding hydrogens is 322 g/mol. The minimum Gasteiger partial charge on any atom is -0.340 e. The lowest BCUT2D eigenvalue weighted by molar-refractivity contribution is -0.128. The number of hydrogen-bond acceptors (Lipinski definition) is 5. The van der Waals surface area contributed by atoms with Crippen molar-refractivity contribution in [3.05, 3.63) is 5.82 Å². The van der Waals surface area contributed by atoms with E-state index in [1.54, 1.807) is 0 Å². The fourth-order valence-electron chi connectivity index (χ4n) is 3.39. The maximum absolute atomic E-state index is 12.7. The van der Waals surface area contributed by atoms with Crippen molar-refractivity contribution in [3.63, 3.8) is 0 Å². The topological polar surface area (TPSA) is 65.1 Å². The summed E-state index contributed by atoms with van der Waals surface area (Å²) in [5, 5.41) is 7.57. The molecule has 0 radical (unpaired) electrons. The van der Waals surface area contributed by atoms with E-state index in [-0.39, 0.29) is 5.91 Å². The molecule has 3 rings (SSSR count). The van der Waals surface area contributed by atoms with Crippen molar-refractivity contribution >= 4 is 17.7 Å². The maximum atomic E-state index is 12.7. The first kappa shape index (κ1) is 17.7. The van der Waals surface area contributed by atoms with E-state index >= 15 is 0 Å². The quantitative estimate of drug-likeness (QED) is 0.796. The number of aromatic nitrogens is 3. The molecule has 24 heavy (non-hydrogen) atoms. The number of aromatic amines is 1. The summed E-state index contributed by atoms with van der Waals surface area (Å²) < 4.78 is 0. The van der Waals surface area contributed by atoms with E-state index in [9.17, 15) is 4.79 Å². The molecule has 2 aliphatic rings. The van der Waals surface area contributed by atoms with Gasteiger partial charge in [-0.05, 0) is 38.0 Å². The average molecular weight is 352 g/mol. The van der Waals surface area contributed by atoms with Gasteiger partial charge in [-0.1, -0.05) is 25.6 Å². The SMILES string of the molecule is Cc1nc(SCC(=O)N2CCCN(CC3CC3)[C@@H](C(C)C)C2)n[nH]1. The molecule has 0 unspecified atom stereocenters. The van der Waals surface area contributed by atoms with E-state index in [4.69, 9.17) is 0 Å². The van der Waals surface area contributed by atoms with Crippen LogP contribution in [-0.2, 0) is 4.79 Å². The Morgan fingerprint density at radius 3 is 2.79 bits per heavy atom. The van der Waals surface area contributed by atoms with Gasteiger partial charge in [0.25, 0.3) is 0 Å². The first-order chi connectivity index (χ1) is 11.5. The van der Waals surface area contributed by atoms with Gasteiger partial charge in [-0.3, -0.25) is 14.8 Å². The Morgan fingerprint density at radius 2 is 2.17 bits per heavy atom. The highest BCUT2D eigenvalue weighted by atomic mass is 32.2. The minimum absolute atomic E-state index is 0.210. The summed E-state index contributed by atoms with van der Waals surface area (Å²) in [7, 11) is 0. The highest BCUT2D eigenvalue weighted by Crippen LogP contribution is 2.32. The molecular formula is C17H29N5OS. The molecule has 2 fully saturated rings. The van der Waals surface area contributed by atoms with Gasteiger partial charge < -0.3 is 4.90 Å². The lowest BCUT2D eigenvalue weighted by Gasteiger charge is -2.34. The van der Waals surface area contributed by atoms with Gasteiger partial charge in [-0.15, -0.1) is 5.10 Å². The molecule has 1 amide bonds. The normalized spacial score (nSPS) is 22.8. The molecule has 134 valence electrons. The second-order valence-electron chi connectivity index (χ2n) is 7.44. The van der Waals surface area contributed by atoms with Crippen LogP contribution in [0.4, 0.5) is 0 Å². The molecule has 1 N–H and O–H groups in total. The van der Waals surface area contributed by atoms with E-state index in [0.29, 0.717) is 22.9 Å². The molecule has 1 aliphatic heterocycles. The summed E-state index contributed by atoms with van der Waals surface area (Å²) in [5.41, 5.74) is 0. The molecule has 0 spiro atoms. The number of carbonyl (C=O) groups is 1. The zero-order valence-electron chi connectivity index (χ0n) is 15.0. The minimum atomic E-state index is 0.210. The number of H-pyrrole nitrogens is 1. The predicted octanol–water partition coefficient (Wildman–Crippen LogP) is 2.17. The molecule has 6 nitrogen and oxygen atoms in total. The first-order valence-electron chi connectivity index (χ1n) is 9.06. The number of amides is 1. The molecule has 1 aromatic rings. The lowest BCUT2D eigenvalue weighted by atomic mass is 10.0. The van der Waals surface area contributed by atoms with Crippen LogP contribution in [0.3, 0.4) is 0 Å². The van der Waals surface area contributed by atoms with Gasteiger partial charge in [-0.2, -0.15) is 0 Å². The smallest absolute Gasteiger partial charge is 0.233 e. The predicted molar refractivity (Wildman–Crippen MR) is 96.0 cm³/mol. The van der Waals surface area contributed by atoms with E-state index in [1.165, 1.54) is 31.1 Å². The fourth-order valence-corrected chi connectivity index (χ4v) is 4.13. The number of hydrogen-bond donors (Lipinski definition) is 1. The summed E-state index contributed by atoms with van der Waals surface area (Å²) in [6, 6.07) is 0.479. The zero-order chi connectivity index (χ0) is 17.1. The van der Waals surface area contributed by atoms with Crippen molar-refractivity contribution in [1.29, 1.82) is 0 Å². The van der Waals surface area contributed by atoms with Crippen molar-refractivity contribution in [2.45, 2.75) is 51.2 Å². The van der Waals surface area contributed by atoms with Gasteiger partial charge in [0.1, 0.15) is 5.82 Å². The van der Waals surface area contributed by atoms with Crippen molar-refractivity contribution in [2.24, 2.45) is 11.8 Å². The number of aryl methyl sites for hydroxylation is 1. The van der Waals surface area contributed by atoms with Gasteiger partial charge in [-0.25, -0.2) is 4.98 Å². The van der Waals surface area contributed by atoms with Crippen molar-refractivity contribution in [3.8, 4) is 0 Å². The summed E-state index contributed by atoms with van der Waals surface area (Å²) >= 11 is 1.42. The Morgan fingerprint density at radius 1 is 1.38 bits per heavy atom. The third-order valence-corrected chi connectivity index (χ3v) is 5.80. The van der Waals surface area contributed by atoms with Gasteiger partial charge in [0.15, 0.2) is 0 Å². The second kappa shape index (κ2) is 7.87. The summed E-state index contributed by atoms with van der Waals surface area (Å²) in [4.78, 5) is 21.6. The number of nitrogens with one attached hydrogen (secondary N) is 1. The lowest BCUT2D eigenvalue weighted by Crippen LogP contribution is -2.46. The van der Waals surface area contributed by atoms with E-state index < -0.39 is 0 Å². The monoisotopic (exact) mass is 351 g/mol. The van der Waals surface area contributed by atoms with E-state index in [1.807, 2.05) is 6.92 Å². The van der Waals surface area contributed by atoms with E-state index in [2.05, 4.69) is 38.8 Å². The van der Waals surface area contributed by atoms with Crippen LogP contribution in [0, 0.1) is 18.8 Å². The molecule has 1 atom stereocenters.